The van der Waals surface area contributed by atoms with Gasteiger partial charge in [0.05, 0.1) is 33.1 Å². The lowest BCUT2D eigenvalue weighted by atomic mass is 9.82. The van der Waals surface area contributed by atoms with Gasteiger partial charge in [0.1, 0.15) is 0 Å². The second kappa shape index (κ2) is 15.7. The van der Waals surface area contributed by atoms with Crippen LogP contribution in [-0.2, 0) is 16.2 Å². The molecule has 0 N–H and O–H groups in total. The third-order valence-corrected chi connectivity index (χ3v) is 19.5. The maximum Gasteiger partial charge on any atom is 0.240 e. The molecule has 18 rings (SSSR count). The van der Waals surface area contributed by atoms with E-state index in [9.17, 15) is 0 Å². The Morgan fingerprint density at radius 3 is 1.10 bits per heavy atom. The number of para-hydroxylation sites is 3. The minimum Gasteiger partial charge on any atom is -0.309 e. The summed E-state index contributed by atoms with van der Waals surface area (Å²) in [5, 5.41) is 9.38. The molecule has 82 heavy (non-hydrogen) atoms. The Morgan fingerprint density at radius 2 is 0.646 bits per heavy atom. The summed E-state index contributed by atoms with van der Waals surface area (Å²) in [6.45, 7) is 14.1. The van der Waals surface area contributed by atoms with Gasteiger partial charge in [-0.25, -0.2) is 0 Å². The molecule has 0 aliphatic heterocycles. The molecule has 0 amide bonds. The quantitative estimate of drug-likeness (QED) is 0.176. The highest BCUT2D eigenvalue weighted by Gasteiger charge is 2.39. The number of benzene rings is 11. The molecule has 388 valence electrons. The molecule has 0 radical (unpaired) electrons. The van der Waals surface area contributed by atoms with E-state index < -0.39 is 0 Å². The molecule has 4 heterocycles. The number of nitrogens with zero attached hydrogens (tertiary/aromatic N) is 6. The molecule has 6 heteroatoms. The van der Waals surface area contributed by atoms with Crippen molar-refractivity contribution in [2.24, 2.45) is 0 Å². The van der Waals surface area contributed by atoms with Crippen LogP contribution in [0.15, 0.2) is 218 Å². The fourth-order valence-electron chi connectivity index (χ4n) is 15.4. The van der Waals surface area contributed by atoms with Crippen LogP contribution in [0.1, 0.15) is 74.9 Å². The Bertz CT molecular complexity index is 5190. The van der Waals surface area contributed by atoms with Crippen LogP contribution in [0, 0.1) is 0 Å². The fourth-order valence-corrected chi connectivity index (χ4v) is 15.4. The van der Waals surface area contributed by atoms with E-state index >= 15 is 0 Å². The number of hydrogen-bond acceptors (Lipinski definition) is 3. The van der Waals surface area contributed by atoms with Crippen molar-refractivity contribution in [3.63, 3.8) is 0 Å². The van der Waals surface area contributed by atoms with Crippen molar-refractivity contribution in [1.82, 2.24) is 28.7 Å². The molecule has 0 saturated carbocycles. The van der Waals surface area contributed by atoms with Gasteiger partial charge in [0, 0.05) is 59.8 Å². The van der Waals surface area contributed by atoms with Crippen molar-refractivity contribution in [2.45, 2.75) is 57.8 Å². The Balaban J connectivity index is 0.885. The van der Waals surface area contributed by atoms with E-state index in [0.29, 0.717) is 17.7 Å². The average Bonchev–Trinajstić information content (AvgIpc) is 2.88. The number of fused-ring (bicyclic) bond motifs is 19. The average molecular weight is 1050 g/mol. The second-order valence-corrected chi connectivity index (χ2v) is 24.8. The van der Waals surface area contributed by atoms with Gasteiger partial charge >= 0.3 is 0 Å². The summed E-state index contributed by atoms with van der Waals surface area (Å²) in [7, 11) is 0. The van der Waals surface area contributed by atoms with Crippen molar-refractivity contribution >= 4 is 76.2 Å². The second-order valence-electron chi connectivity index (χ2n) is 24.8. The topological polar surface area (TPSA) is 53.5 Å². The lowest BCUT2D eigenvalue weighted by Crippen LogP contribution is -2.15. The predicted molar refractivity (Wildman–Crippen MR) is 338 cm³/mol. The number of hydrogen-bond donors (Lipinski definition) is 0. The molecule has 6 nitrogen and oxygen atoms in total. The highest BCUT2D eigenvalue weighted by molar-refractivity contribution is 6.14. The molecule has 0 fully saturated rings. The van der Waals surface area contributed by atoms with Gasteiger partial charge in [-0.1, -0.05) is 187 Å². The molecular weight excluding hydrogens is 997 g/mol. The van der Waals surface area contributed by atoms with Crippen molar-refractivity contribution < 1.29 is 0 Å². The van der Waals surface area contributed by atoms with Crippen molar-refractivity contribution in [1.29, 1.82) is 0 Å². The third kappa shape index (κ3) is 5.90. The molecule has 4 aromatic heterocycles. The first-order valence-corrected chi connectivity index (χ1v) is 28.8. The van der Waals surface area contributed by atoms with Crippen LogP contribution in [0.4, 0.5) is 0 Å². The van der Waals surface area contributed by atoms with Gasteiger partial charge in [-0.2, -0.15) is 15.0 Å². The van der Waals surface area contributed by atoms with Gasteiger partial charge in [0.15, 0.2) is 5.82 Å². The van der Waals surface area contributed by atoms with Crippen LogP contribution in [0.2, 0.25) is 0 Å². The lowest BCUT2D eigenvalue weighted by Gasteiger charge is -2.22. The Kier molecular flexibility index (Phi) is 8.80. The summed E-state index contributed by atoms with van der Waals surface area (Å²) in [6.07, 6.45) is 0. The van der Waals surface area contributed by atoms with Crippen LogP contribution in [0.25, 0.3) is 139 Å². The van der Waals surface area contributed by atoms with Gasteiger partial charge < -0.3 is 4.57 Å². The molecule has 0 bridgehead atoms. The van der Waals surface area contributed by atoms with Crippen LogP contribution in [0.5, 0.6) is 0 Å². The first-order chi connectivity index (χ1) is 39.9. The van der Waals surface area contributed by atoms with Gasteiger partial charge in [0.2, 0.25) is 11.9 Å². The number of rotatable bonds is 4. The summed E-state index contributed by atoms with van der Waals surface area (Å²) < 4.78 is 7.05. The van der Waals surface area contributed by atoms with Crippen LogP contribution in [0.3, 0.4) is 0 Å². The van der Waals surface area contributed by atoms with E-state index in [4.69, 9.17) is 15.0 Å². The largest absolute Gasteiger partial charge is 0.309 e. The first-order valence-electron chi connectivity index (χ1n) is 28.8. The molecule has 0 saturated heterocycles. The molecule has 0 atom stereocenters. The summed E-state index contributed by atoms with van der Waals surface area (Å²) in [4.78, 5) is 17.0. The molecule has 0 unspecified atom stereocenters. The van der Waals surface area contributed by atoms with Crippen LogP contribution >= 0.6 is 0 Å². The minimum atomic E-state index is -0.209. The summed E-state index contributed by atoms with van der Waals surface area (Å²) in [5.41, 5.74) is 23.9. The van der Waals surface area contributed by atoms with Crippen molar-refractivity contribution in [2.75, 3.05) is 0 Å². The lowest BCUT2D eigenvalue weighted by molar-refractivity contribution is 0.660. The van der Waals surface area contributed by atoms with Gasteiger partial charge in [-0.3, -0.25) is 9.13 Å². The zero-order chi connectivity index (χ0) is 54.7. The predicted octanol–water partition coefficient (Wildman–Crippen LogP) is 18.9. The van der Waals surface area contributed by atoms with Gasteiger partial charge in [-0.15, -0.1) is 0 Å². The van der Waals surface area contributed by atoms with Crippen LogP contribution in [-0.4, -0.2) is 28.7 Å². The standard InChI is InChI=1S/C76H54N6/c1-74(2)59-25-13-7-19-47(59)53-37-56-50-22-10-16-28-65(50)80(68(56)40-62(53)74)46-34-33-43-31-32-44(35-45(43)36-46)71-77-72(81-66-29-17-11-23-51(66)57-38-54-48-20-8-14-26-60(48)75(3,4)63(54)41-69(57)81)79-73(78-71)82-67-30-18-12-24-52(67)58-39-55-49-21-9-15-27-61(49)76(5,6)64(55)42-70(58)82/h7-42H,1-6H3. The fraction of sp³-hybridized carbons (Fsp3) is 0.118. The monoisotopic (exact) mass is 1050 g/mol. The minimum absolute atomic E-state index is 0.134. The zero-order valence-electron chi connectivity index (χ0n) is 46.5. The maximum absolute atomic E-state index is 5.70. The molecule has 15 aromatic rings. The molecule has 3 aliphatic rings. The first kappa shape index (κ1) is 45.9. The summed E-state index contributed by atoms with van der Waals surface area (Å²) in [5.74, 6) is 1.73. The molecular formula is C76H54N6. The maximum atomic E-state index is 5.70. The van der Waals surface area contributed by atoms with E-state index in [1.54, 1.807) is 0 Å². The Labute approximate surface area is 474 Å². The smallest absolute Gasteiger partial charge is 0.240 e. The molecule has 0 spiro atoms. The van der Waals surface area contributed by atoms with E-state index in [1.165, 1.54) is 99.3 Å². The van der Waals surface area contributed by atoms with Crippen LogP contribution < -0.4 is 0 Å². The Hall–Kier alpha value is -9.91. The summed E-state index contributed by atoms with van der Waals surface area (Å²) >= 11 is 0. The molecule has 11 aromatic carbocycles. The van der Waals surface area contributed by atoms with E-state index in [1.807, 2.05) is 0 Å². The van der Waals surface area contributed by atoms with E-state index in [0.717, 1.165) is 54.9 Å². The van der Waals surface area contributed by atoms with E-state index in [2.05, 4.69) is 274 Å². The molecule has 3 aliphatic carbocycles. The van der Waals surface area contributed by atoms with Crippen molar-refractivity contribution in [3.8, 4) is 62.4 Å². The highest BCUT2D eigenvalue weighted by Crippen LogP contribution is 2.54. The normalized spacial score (nSPS) is 15.0. The number of aromatic nitrogens is 6. The highest BCUT2D eigenvalue weighted by atomic mass is 15.3. The van der Waals surface area contributed by atoms with Gasteiger partial charge in [-0.05, 0) is 150 Å². The third-order valence-electron chi connectivity index (χ3n) is 19.5. The SMILES string of the molecule is CC1(C)c2ccccc2-c2cc3c4ccccc4n(-c4ccc5ccc(-c6nc(-n7c8ccccc8c8cc9c(cc87)C(C)(C)c7ccccc7-9)nc(-n7c8ccccc8c8cc9c(cc87)C(C)(C)c7ccccc7-9)n6)cc5c4)c3cc21. The zero-order valence-corrected chi connectivity index (χ0v) is 46.5. The van der Waals surface area contributed by atoms with E-state index in [-0.39, 0.29) is 16.2 Å². The van der Waals surface area contributed by atoms with Crippen molar-refractivity contribution in [3.05, 3.63) is 252 Å². The summed E-state index contributed by atoms with van der Waals surface area (Å²) in [6, 6.07) is 81.2. The Morgan fingerprint density at radius 1 is 0.268 bits per heavy atom. The van der Waals surface area contributed by atoms with Gasteiger partial charge in [0.25, 0.3) is 0 Å².